The third-order valence-corrected chi connectivity index (χ3v) is 1.64. The lowest BCUT2D eigenvalue weighted by atomic mass is 10.4. The van der Waals surface area contributed by atoms with Gasteiger partial charge >= 0.3 is 5.97 Å². The first-order valence-corrected chi connectivity index (χ1v) is 4.13. The van der Waals surface area contributed by atoms with E-state index >= 15 is 0 Å². The Morgan fingerprint density at radius 3 is 3.07 bits per heavy atom. The molecule has 0 aliphatic rings. The smallest absolute Gasteiger partial charge is 0.325 e. The van der Waals surface area contributed by atoms with Crippen LogP contribution in [0.25, 0.3) is 0 Å². The number of pyridine rings is 1. The van der Waals surface area contributed by atoms with Crippen molar-refractivity contribution in [2.75, 3.05) is 19.0 Å². The number of ether oxygens (including phenoxy) is 1. The minimum atomic E-state index is -0.610. The molecule has 6 heteroatoms. The first-order valence-electron chi connectivity index (χ1n) is 3.75. The summed E-state index contributed by atoms with van der Waals surface area (Å²) in [5.41, 5.74) is 0. The predicted octanol–water partition coefficient (Wildman–Crippen LogP) is 1.46. The van der Waals surface area contributed by atoms with Gasteiger partial charge < -0.3 is 10.1 Å². The van der Waals surface area contributed by atoms with Gasteiger partial charge in [-0.1, -0.05) is 11.6 Å². The van der Waals surface area contributed by atoms with E-state index in [0.717, 1.165) is 6.07 Å². The fourth-order valence-electron chi connectivity index (χ4n) is 0.773. The van der Waals surface area contributed by atoms with Gasteiger partial charge in [0, 0.05) is 6.20 Å². The van der Waals surface area contributed by atoms with Crippen LogP contribution in [0.15, 0.2) is 12.3 Å². The van der Waals surface area contributed by atoms with E-state index in [1.165, 1.54) is 13.3 Å². The first kappa shape index (κ1) is 10.7. The number of esters is 1. The van der Waals surface area contributed by atoms with E-state index in [2.05, 4.69) is 15.0 Å². The van der Waals surface area contributed by atoms with Crippen molar-refractivity contribution in [1.29, 1.82) is 0 Å². The summed E-state index contributed by atoms with van der Waals surface area (Å²) >= 11 is 5.49. The van der Waals surface area contributed by atoms with Gasteiger partial charge in [0.05, 0.1) is 12.1 Å². The lowest BCUT2D eigenvalue weighted by molar-refractivity contribution is -0.138. The largest absolute Gasteiger partial charge is 0.468 e. The second kappa shape index (κ2) is 4.76. The third-order valence-electron chi connectivity index (χ3n) is 1.44. The molecule has 0 fully saturated rings. The van der Waals surface area contributed by atoms with Gasteiger partial charge in [-0.2, -0.15) is 0 Å². The van der Waals surface area contributed by atoms with Gasteiger partial charge in [0.1, 0.15) is 6.54 Å². The Balaban J connectivity index is 2.63. The number of hydrogen-bond acceptors (Lipinski definition) is 4. The number of nitrogens with zero attached hydrogens (tertiary/aromatic N) is 1. The highest BCUT2D eigenvalue weighted by atomic mass is 35.5. The highest BCUT2D eigenvalue weighted by Gasteiger charge is 2.06. The van der Waals surface area contributed by atoms with Gasteiger partial charge in [-0.25, -0.2) is 9.37 Å². The molecule has 0 spiro atoms. The molecule has 1 N–H and O–H groups in total. The summed E-state index contributed by atoms with van der Waals surface area (Å²) < 4.78 is 17.4. The van der Waals surface area contributed by atoms with Gasteiger partial charge in [0.15, 0.2) is 11.6 Å². The topological polar surface area (TPSA) is 51.2 Å². The summed E-state index contributed by atoms with van der Waals surface area (Å²) in [6.07, 6.45) is 1.28. The molecule has 0 bridgehead atoms. The average Bonchev–Trinajstić information content (AvgIpc) is 2.16. The van der Waals surface area contributed by atoms with E-state index in [1.54, 1.807) is 0 Å². The number of aromatic nitrogens is 1. The summed E-state index contributed by atoms with van der Waals surface area (Å²) in [6.45, 7) is -0.137. The monoisotopic (exact) mass is 218 g/mol. The maximum absolute atomic E-state index is 13.0. The van der Waals surface area contributed by atoms with E-state index < -0.39 is 11.8 Å². The van der Waals surface area contributed by atoms with Gasteiger partial charge in [-0.05, 0) is 6.07 Å². The van der Waals surface area contributed by atoms with Crippen LogP contribution in [0.5, 0.6) is 0 Å². The fourth-order valence-corrected chi connectivity index (χ4v) is 0.917. The van der Waals surface area contributed by atoms with E-state index in [4.69, 9.17) is 11.6 Å². The number of methoxy groups -OCH3 is 1. The predicted molar refractivity (Wildman–Crippen MR) is 49.7 cm³/mol. The van der Waals surface area contributed by atoms with Crippen LogP contribution < -0.4 is 5.32 Å². The average molecular weight is 219 g/mol. The molecule has 0 amide bonds. The minimum absolute atomic E-state index is 0.0280. The number of nitrogens with one attached hydrogen (secondary N) is 1. The molecule has 0 aliphatic carbocycles. The molecule has 0 radical (unpaired) electrons. The molecule has 0 aliphatic heterocycles. The Kier molecular flexibility index (Phi) is 3.64. The van der Waals surface area contributed by atoms with Crippen molar-refractivity contribution in [2.45, 2.75) is 0 Å². The van der Waals surface area contributed by atoms with Gasteiger partial charge in [0.2, 0.25) is 0 Å². The Bertz CT molecular complexity index is 346. The second-order valence-corrected chi connectivity index (χ2v) is 2.85. The molecule has 1 heterocycles. The molecule has 76 valence electrons. The van der Waals surface area contributed by atoms with Crippen molar-refractivity contribution in [3.05, 3.63) is 23.1 Å². The maximum atomic E-state index is 13.0. The van der Waals surface area contributed by atoms with Crippen LogP contribution in [0, 0.1) is 5.82 Å². The molecule has 14 heavy (non-hydrogen) atoms. The lowest BCUT2D eigenvalue weighted by Crippen LogP contribution is -2.16. The molecular formula is C8H8ClFN2O2. The first-order chi connectivity index (χ1) is 6.63. The van der Waals surface area contributed by atoms with Crippen LogP contribution in [0.4, 0.5) is 10.2 Å². The van der Waals surface area contributed by atoms with Crippen molar-refractivity contribution in [1.82, 2.24) is 4.98 Å². The lowest BCUT2D eigenvalue weighted by Gasteiger charge is -2.04. The zero-order chi connectivity index (χ0) is 10.6. The summed E-state index contributed by atoms with van der Waals surface area (Å²) in [5, 5.41) is 2.67. The van der Waals surface area contributed by atoms with E-state index in [1.807, 2.05) is 0 Å². The van der Waals surface area contributed by atoms with Crippen LogP contribution in [-0.2, 0) is 9.53 Å². The van der Waals surface area contributed by atoms with Crippen LogP contribution in [0.3, 0.4) is 0 Å². The standard InChI is InChI=1S/C8H8ClFN2O2/c1-14-7(13)4-12-8-6(10)2-5(9)3-11-8/h2-3H,4H2,1H3,(H,11,12). The van der Waals surface area contributed by atoms with E-state index in [9.17, 15) is 9.18 Å². The minimum Gasteiger partial charge on any atom is -0.468 e. The Labute approximate surface area is 85.0 Å². The van der Waals surface area contributed by atoms with Crippen molar-refractivity contribution >= 4 is 23.4 Å². The van der Waals surface area contributed by atoms with Gasteiger partial charge in [0.25, 0.3) is 0 Å². The SMILES string of the molecule is COC(=O)CNc1ncc(Cl)cc1F. The number of carbonyl (C=O) groups excluding carboxylic acids is 1. The van der Waals surface area contributed by atoms with Crippen molar-refractivity contribution in [3.8, 4) is 0 Å². The van der Waals surface area contributed by atoms with Crippen molar-refractivity contribution in [3.63, 3.8) is 0 Å². The molecule has 0 atom stereocenters. The summed E-state index contributed by atoms with van der Waals surface area (Å²) in [5.74, 6) is -1.14. The summed E-state index contributed by atoms with van der Waals surface area (Å²) in [7, 11) is 1.25. The number of carbonyl (C=O) groups is 1. The molecule has 0 aromatic carbocycles. The maximum Gasteiger partial charge on any atom is 0.325 e. The van der Waals surface area contributed by atoms with E-state index in [-0.39, 0.29) is 17.4 Å². The van der Waals surface area contributed by atoms with Crippen LogP contribution in [0.2, 0.25) is 5.02 Å². The molecule has 1 rings (SSSR count). The normalized spacial score (nSPS) is 9.64. The zero-order valence-corrected chi connectivity index (χ0v) is 8.14. The molecule has 4 nitrogen and oxygen atoms in total. The molecular weight excluding hydrogens is 211 g/mol. The Morgan fingerprint density at radius 1 is 1.79 bits per heavy atom. The summed E-state index contributed by atoms with van der Waals surface area (Å²) in [6, 6.07) is 1.11. The molecule has 1 aromatic rings. The molecule has 0 saturated heterocycles. The number of rotatable bonds is 3. The third kappa shape index (κ3) is 2.85. The highest BCUT2D eigenvalue weighted by Crippen LogP contribution is 2.14. The van der Waals surface area contributed by atoms with Crippen molar-refractivity contribution < 1.29 is 13.9 Å². The molecule has 0 saturated carbocycles. The van der Waals surface area contributed by atoms with Crippen molar-refractivity contribution in [2.24, 2.45) is 0 Å². The Morgan fingerprint density at radius 2 is 2.50 bits per heavy atom. The number of hydrogen-bond donors (Lipinski definition) is 1. The number of halogens is 2. The molecule has 0 unspecified atom stereocenters. The number of anilines is 1. The fraction of sp³-hybridized carbons (Fsp3) is 0.250. The van der Waals surface area contributed by atoms with Crippen LogP contribution in [0.1, 0.15) is 0 Å². The van der Waals surface area contributed by atoms with Crippen LogP contribution in [-0.4, -0.2) is 24.6 Å². The van der Waals surface area contributed by atoms with Crippen LogP contribution >= 0.6 is 11.6 Å². The summed E-state index contributed by atoms with van der Waals surface area (Å²) in [4.78, 5) is 14.4. The highest BCUT2D eigenvalue weighted by molar-refractivity contribution is 6.30. The van der Waals surface area contributed by atoms with Gasteiger partial charge in [-0.3, -0.25) is 4.79 Å². The quantitative estimate of drug-likeness (QED) is 0.781. The zero-order valence-electron chi connectivity index (χ0n) is 7.38. The Hall–Kier alpha value is -1.36. The second-order valence-electron chi connectivity index (χ2n) is 2.41. The van der Waals surface area contributed by atoms with Gasteiger partial charge in [-0.15, -0.1) is 0 Å². The molecule has 1 aromatic heterocycles. The van der Waals surface area contributed by atoms with E-state index in [0.29, 0.717) is 0 Å².